The minimum atomic E-state index is -0.403. The van der Waals surface area contributed by atoms with Crippen LogP contribution >= 0.6 is 12.2 Å². The van der Waals surface area contributed by atoms with Crippen LogP contribution in [-0.2, 0) is 16.0 Å². The zero-order chi connectivity index (χ0) is 19.1. The SMILES string of the molecule is O=C(/C=C/c1ccccc1)OCCNC(=S)NC1CCc2c(F)cccc21. The number of nitrogens with one attached hydrogen (secondary N) is 2. The van der Waals surface area contributed by atoms with E-state index in [2.05, 4.69) is 10.6 Å². The van der Waals surface area contributed by atoms with E-state index in [9.17, 15) is 9.18 Å². The normalized spacial score (nSPS) is 15.4. The molecule has 140 valence electrons. The van der Waals surface area contributed by atoms with Gasteiger partial charge in [-0.2, -0.15) is 0 Å². The Morgan fingerprint density at radius 2 is 2.04 bits per heavy atom. The molecule has 0 saturated carbocycles. The molecule has 3 rings (SSSR count). The monoisotopic (exact) mass is 384 g/mol. The molecule has 0 fully saturated rings. The summed E-state index contributed by atoms with van der Waals surface area (Å²) in [5.74, 6) is -0.564. The van der Waals surface area contributed by atoms with Gasteiger partial charge in [0.05, 0.1) is 12.6 Å². The van der Waals surface area contributed by atoms with Crippen molar-refractivity contribution < 1.29 is 13.9 Å². The van der Waals surface area contributed by atoms with Crippen LogP contribution in [0.4, 0.5) is 4.39 Å². The van der Waals surface area contributed by atoms with Crippen LogP contribution in [0.15, 0.2) is 54.6 Å². The van der Waals surface area contributed by atoms with Gasteiger partial charge in [-0.3, -0.25) is 0 Å². The van der Waals surface area contributed by atoms with Crippen molar-refractivity contribution in [1.82, 2.24) is 10.6 Å². The lowest BCUT2D eigenvalue weighted by Gasteiger charge is -2.17. The molecular formula is C21H21FN2O2S. The number of carbonyl (C=O) groups excluding carboxylic acids is 1. The van der Waals surface area contributed by atoms with E-state index in [1.165, 1.54) is 12.1 Å². The molecule has 1 aliphatic carbocycles. The highest BCUT2D eigenvalue weighted by Gasteiger charge is 2.25. The summed E-state index contributed by atoms with van der Waals surface area (Å²) in [4.78, 5) is 11.7. The number of thiocarbonyl (C=S) groups is 1. The lowest BCUT2D eigenvalue weighted by atomic mass is 10.1. The van der Waals surface area contributed by atoms with Crippen LogP contribution in [0, 0.1) is 5.82 Å². The number of hydrogen-bond acceptors (Lipinski definition) is 3. The highest BCUT2D eigenvalue weighted by molar-refractivity contribution is 7.80. The molecule has 1 aliphatic rings. The summed E-state index contributed by atoms with van der Waals surface area (Å²) >= 11 is 5.28. The minimum Gasteiger partial charge on any atom is -0.461 e. The van der Waals surface area contributed by atoms with Gasteiger partial charge in [-0.25, -0.2) is 9.18 Å². The summed E-state index contributed by atoms with van der Waals surface area (Å²) in [5.41, 5.74) is 2.65. The molecular weight excluding hydrogens is 363 g/mol. The van der Waals surface area contributed by atoms with Crippen LogP contribution in [0.25, 0.3) is 6.08 Å². The van der Waals surface area contributed by atoms with Gasteiger partial charge in [-0.05, 0) is 53.9 Å². The predicted molar refractivity (Wildman–Crippen MR) is 108 cm³/mol. The maximum Gasteiger partial charge on any atom is 0.330 e. The van der Waals surface area contributed by atoms with Crippen LogP contribution in [-0.4, -0.2) is 24.2 Å². The Labute approximate surface area is 163 Å². The molecule has 2 N–H and O–H groups in total. The molecule has 0 aromatic heterocycles. The molecule has 6 heteroatoms. The van der Waals surface area contributed by atoms with Crippen LogP contribution in [0.5, 0.6) is 0 Å². The van der Waals surface area contributed by atoms with Gasteiger partial charge in [-0.1, -0.05) is 42.5 Å². The maximum absolute atomic E-state index is 13.8. The first-order valence-electron chi connectivity index (χ1n) is 8.85. The van der Waals surface area contributed by atoms with Gasteiger partial charge < -0.3 is 15.4 Å². The highest BCUT2D eigenvalue weighted by atomic mass is 32.1. The Kier molecular flexibility index (Phi) is 6.54. The van der Waals surface area contributed by atoms with E-state index in [0.29, 0.717) is 18.1 Å². The fourth-order valence-corrected chi connectivity index (χ4v) is 3.31. The molecule has 0 saturated heterocycles. The maximum atomic E-state index is 13.8. The number of halogens is 1. The van der Waals surface area contributed by atoms with Crippen molar-refractivity contribution in [3.05, 3.63) is 77.1 Å². The highest BCUT2D eigenvalue weighted by Crippen LogP contribution is 2.32. The van der Waals surface area contributed by atoms with Crippen molar-refractivity contribution >= 4 is 29.4 Å². The number of esters is 1. The van der Waals surface area contributed by atoms with E-state index in [1.807, 2.05) is 36.4 Å². The second-order valence-electron chi connectivity index (χ2n) is 6.21. The molecule has 4 nitrogen and oxygen atoms in total. The average Bonchev–Trinajstić information content (AvgIpc) is 3.08. The number of carbonyl (C=O) groups is 1. The number of ether oxygens (including phenoxy) is 1. The Bertz CT molecular complexity index is 839. The van der Waals surface area contributed by atoms with Crippen molar-refractivity contribution in [2.75, 3.05) is 13.2 Å². The molecule has 0 heterocycles. The molecule has 0 spiro atoms. The third-order valence-corrected chi connectivity index (χ3v) is 4.62. The largest absolute Gasteiger partial charge is 0.461 e. The Morgan fingerprint density at radius 1 is 1.22 bits per heavy atom. The van der Waals surface area contributed by atoms with Crippen LogP contribution in [0.1, 0.15) is 29.2 Å². The third kappa shape index (κ3) is 5.37. The number of fused-ring (bicyclic) bond motifs is 1. The topological polar surface area (TPSA) is 50.4 Å². The lowest BCUT2D eigenvalue weighted by Crippen LogP contribution is -2.38. The van der Waals surface area contributed by atoms with E-state index in [-0.39, 0.29) is 18.5 Å². The summed E-state index contributed by atoms with van der Waals surface area (Å²) in [7, 11) is 0. The van der Waals surface area contributed by atoms with Crippen LogP contribution < -0.4 is 10.6 Å². The first-order chi connectivity index (χ1) is 13.1. The number of hydrogen-bond donors (Lipinski definition) is 2. The van der Waals surface area contributed by atoms with Crippen molar-refractivity contribution in [2.45, 2.75) is 18.9 Å². The molecule has 1 atom stereocenters. The van der Waals surface area contributed by atoms with Gasteiger partial charge >= 0.3 is 5.97 Å². The molecule has 0 amide bonds. The first-order valence-corrected chi connectivity index (χ1v) is 9.26. The smallest absolute Gasteiger partial charge is 0.330 e. The third-order valence-electron chi connectivity index (χ3n) is 4.36. The van der Waals surface area contributed by atoms with E-state index in [4.69, 9.17) is 17.0 Å². The van der Waals surface area contributed by atoms with Crippen molar-refractivity contribution in [2.24, 2.45) is 0 Å². The quantitative estimate of drug-likeness (QED) is 0.345. The number of benzene rings is 2. The first kappa shape index (κ1) is 19.0. The lowest BCUT2D eigenvalue weighted by molar-refractivity contribution is -0.137. The van der Waals surface area contributed by atoms with E-state index in [0.717, 1.165) is 23.1 Å². The average molecular weight is 384 g/mol. The van der Waals surface area contributed by atoms with Gasteiger partial charge in [0.25, 0.3) is 0 Å². The molecule has 1 unspecified atom stereocenters. The Morgan fingerprint density at radius 3 is 2.85 bits per heavy atom. The Hall–Kier alpha value is -2.73. The fraction of sp³-hybridized carbons (Fsp3) is 0.238. The van der Waals surface area contributed by atoms with Gasteiger partial charge in [0.15, 0.2) is 5.11 Å². The molecule has 2 aromatic rings. The van der Waals surface area contributed by atoms with E-state index >= 15 is 0 Å². The second kappa shape index (κ2) is 9.28. The van der Waals surface area contributed by atoms with Crippen molar-refractivity contribution in [1.29, 1.82) is 0 Å². The zero-order valence-corrected chi connectivity index (χ0v) is 15.6. The number of rotatable bonds is 6. The predicted octanol–water partition coefficient (Wildman–Crippen LogP) is 3.53. The Balaban J connectivity index is 1.36. The zero-order valence-electron chi connectivity index (χ0n) is 14.8. The summed E-state index contributed by atoms with van der Waals surface area (Å²) in [6, 6.07) is 14.7. The second-order valence-corrected chi connectivity index (χ2v) is 6.62. The van der Waals surface area contributed by atoms with Crippen molar-refractivity contribution in [3.8, 4) is 0 Å². The van der Waals surface area contributed by atoms with E-state index in [1.54, 1.807) is 12.1 Å². The van der Waals surface area contributed by atoms with Crippen LogP contribution in [0.2, 0.25) is 0 Å². The molecule has 0 bridgehead atoms. The van der Waals surface area contributed by atoms with Gasteiger partial charge in [0.1, 0.15) is 12.4 Å². The molecule has 27 heavy (non-hydrogen) atoms. The molecule has 2 aromatic carbocycles. The minimum absolute atomic E-state index is 0.00653. The van der Waals surface area contributed by atoms with Gasteiger partial charge in [0.2, 0.25) is 0 Å². The summed E-state index contributed by atoms with van der Waals surface area (Å²) < 4.78 is 18.9. The molecule has 0 radical (unpaired) electrons. The van der Waals surface area contributed by atoms with Crippen molar-refractivity contribution in [3.63, 3.8) is 0 Å². The van der Waals surface area contributed by atoms with Gasteiger partial charge in [-0.15, -0.1) is 0 Å². The van der Waals surface area contributed by atoms with E-state index < -0.39 is 5.97 Å². The summed E-state index contributed by atoms with van der Waals surface area (Å²) in [5, 5.41) is 6.67. The molecule has 0 aliphatic heterocycles. The fourth-order valence-electron chi connectivity index (χ4n) is 3.06. The van der Waals surface area contributed by atoms with Crippen LogP contribution in [0.3, 0.4) is 0 Å². The van der Waals surface area contributed by atoms with Gasteiger partial charge in [0, 0.05) is 6.08 Å². The summed E-state index contributed by atoms with van der Waals surface area (Å²) in [6.07, 6.45) is 4.61. The standard InChI is InChI=1S/C21H21FN2O2S/c22-18-8-4-7-17-16(18)10-11-19(17)24-21(27)23-13-14-26-20(25)12-9-15-5-2-1-3-6-15/h1-9,12,19H,10-11,13-14H2,(H2,23,24,27)/b12-9+. The summed E-state index contributed by atoms with van der Waals surface area (Å²) in [6.45, 7) is 0.606.